The molecule has 25 heavy (non-hydrogen) atoms. The van der Waals surface area contributed by atoms with Crippen LogP contribution in [0.1, 0.15) is 22.0 Å². The van der Waals surface area contributed by atoms with Crippen molar-refractivity contribution in [1.82, 2.24) is 10.2 Å². The van der Waals surface area contributed by atoms with Crippen molar-refractivity contribution in [2.75, 3.05) is 32.8 Å². The summed E-state index contributed by atoms with van der Waals surface area (Å²) in [6, 6.07) is 14.9. The van der Waals surface area contributed by atoms with Gasteiger partial charge in [0, 0.05) is 19.6 Å². The van der Waals surface area contributed by atoms with Crippen LogP contribution in [-0.2, 0) is 4.74 Å². The van der Waals surface area contributed by atoms with Crippen molar-refractivity contribution in [3.63, 3.8) is 0 Å². The highest BCUT2D eigenvalue weighted by molar-refractivity contribution is 6.43. The minimum atomic E-state index is -0.227. The van der Waals surface area contributed by atoms with E-state index in [-0.39, 0.29) is 17.0 Å². The van der Waals surface area contributed by atoms with E-state index in [9.17, 15) is 4.79 Å². The quantitative estimate of drug-likeness (QED) is 0.860. The molecule has 1 amide bonds. The molecule has 1 unspecified atom stereocenters. The van der Waals surface area contributed by atoms with Gasteiger partial charge in [-0.25, -0.2) is 0 Å². The second-order valence-electron chi connectivity index (χ2n) is 5.95. The molecule has 0 saturated carbocycles. The number of nitrogens with one attached hydrogen (secondary N) is 1. The minimum absolute atomic E-state index is 0.137. The molecule has 0 bridgehead atoms. The molecule has 1 N–H and O–H groups in total. The first-order valence-electron chi connectivity index (χ1n) is 8.25. The molecule has 1 aliphatic rings. The van der Waals surface area contributed by atoms with Crippen LogP contribution in [0.25, 0.3) is 0 Å². The van der Waals surface area contributed by atoms with Gasteiger partial charge in [0.15, 0.2) is 0 Å². The number of rotatable bonds is 5. The van der Waals surface area contributed by atoms with Gasteiger partial charge >= 0.3 is 0 Å². The Kier molecular flexibility index (Phi) is 6.32. The number of ether oxygens (including phenoxy) is 1. The van der Waals surface area contributed by atoms with Gasteiger partial charge in [0.2, 0.25) is 0 Å². The molecule has 3 rings (SSSR count). The molecule has 4 nitrogen and oxygen atoms in total. The lowest BCUT2D eigenvalue weighted by Crippen LogP contribution is -2.43. The maximum atomic E-state index is 12.7. The molecular weight excluding hydrogens is 359 g/mol. The third kappa shape index (κ3) is 4.73. The Morgan fingerprint density at radius 2 is 1.80 bits per heavy atom. The highest BCUT2D eigenvalue weighted by atomic mass is 35.5. The highest BCUT2D eigenvalue weighted by Crippen LogP contribution is 2.26. The van der Waals surface area contributed by atoms with Crippen molar-refractivity contribution in [3.8, 4) is 0 Å². The lowest BCUT2D eigenvalue weighted by Gasteiger charge is -2.31. The maximum absolute atomic E-state index is 12.7. The van der Waals surface area contributed by atoms with Crippen LogP contribution >= 0.6 is 23.2 Å². The van der Waals surface area contributed by atoms with Gasteiger partial charge in [0.05, 0.1) is 34.9 Å². The van der Waals surface area contributed by atoms with Gasteiger partial charge in [0.1, 0.15) is 0 Å². The predicted molar refractivity (Wildman–Crippen MR) is 100 cm³/mol. The monoisotopic (exact) mass is 378 g/mol. The molecule has 2 aromatic rings. The fourth-order valence-electron chi connectivity index (χ4n) is 2.88. The average Bonchev–Trinajstić information content (AvgIpc) is 2.65. The Morgan fingerprint density at radius 3 is 2.52 bits per heavy atom. The lowest BCUT2D eigenvalue weighted by molar-refractivity contribution is 0.0332. The zero-order chi connectivity index (χ0) is 17.6. The molecule has 0 spiro atoms. The summed E-state index contributed by atoms with van der Waals surface area (Å²) in [7, 11) is 0. The topological polar surface area (TPSA) is 41.6 Å². The van der Waals surface area contributed by atoms with Crippen molar-refractivity contribution in [2.45, 2.75) is 6.04 Å². The third-order valence-electron chi connectivity index (χ3n) is 4.25. The summed E-state index contributed by atoms with van der Waals surface area (Å²) < 4.78 is 5.41. The number of hydrogen-bond donors (Lipinski definition) is 1. The van der Waals surface area contributed by atoms with E-state index >= 15 is 0 Å². The van der Waals surface area contributed by atoms with Crippen molar-refractivity contribution in [3.05, 3.63) is 69.7 Å². The smallest absolute Gasteiger partial charge is 0.253 e. The molecule has 0 aliphatic carbocycles. The molecule has 0 radical (unpaired) electrons. The number of halogens is 2. The van der Waals surface area contributed by atoms with Crippen molar-refractivity contribution in [1.29, 1.82) is 0 Å². The van der Waals surface area contributed by atoms with E-state index in [1.54, 1.807) is 18.2 Å². The van der Waals surface area contributed by atoms with Crippen LogP contribution < -0.4 is 5.32 Å². The van der Waals surface area contributed by atoms with Gasteiger partial charge in [0.25, 0.3) is 5.91 Å². The predicted octanol–water partition coefficient (Wildman–Crippen LogP) is 3.80. The van der Waals surface area contributed by atoms with Crippen LogP contribution in [0.4, 0.5) is 0 Å². The molecule has 1 atom stereocenters. The number of carbonyl (C=O) groups is 1. The van der Waals surface area contributed by atoms with E-state index in [0.29, 0.717) is 10.6 Å². The van der Waals surface area contributed by atoms with Crippen molar-refractivity contribution in [2.24, 2.45) is 0 Å². The Morgan fingerprint density at radius 1 is 1.08 bits per heavy atom. The molecule has 1 heterocycles. The fourth-order valence-corrected chi connectivity index (χ4v) is 3.26. The number of morpholine rings is 1. The summed E-state index contributed by atoms with van der Waals surface area (Å²) in [6.07, 6.45) is 0. The van der Waals surface area contributed by atoms with Crippen LogP contribution in [0.2, 0.25) is 10.0 Å². The Hall–Kier alpha value is -1.59. The number of nitrogens with zero attached hydrogens (tertiary/aromatic N) is 1. The standard InChI is InChI=1S/C19H20Cl2N2O2/c20-16-8-4-7-15(18(16)21)19(24)22-17(14-5-2-1-3-6-14)13-23-9-11-25-12-10-23/h1-8,17H,9-13H2,(H,22,24). The molecule has 1 aliphatic heterocycles. The van der Waals surface area contributed by atoms with Gasteiger partial charge in [-0.1, -0.05) is 59.6 Å². The summed E-state index contributed by atoms with van der Waals surface area (Å²) in [5.74, 6) is -0.227. The van der Waals surface area contributed by atoms with Crippen LogP contribution in [0.3, 0.4) is 0 Å². The third-order valence-corrected chi connectivity index (χ3v) is 5.07. The van der Waals surface area contributed by atoms with Gasteiger partial charge in [-0.15, -0.1) is 0 Å². The summed E-state index contributed by atoms with van der Waals surface area (Å²) in [5.41, 5.74) is 1.44. The highest BCUT2D eigenvalue weighted by Gasteiger charge is 2.22. The molecular formula is C19H20Cl2N2O2. The number of benzene rings is 2. The van der Waals surface area contributed by atoms with E-state index in [1.807, 2.05) is 30.3 Å². The molecule has 132 valence electrons. The second kappa shape index (κ2) is 8.68. The number of hydrogen-bond acceptors (Lipinski definition) is 3. The molecule has 1 fully saturated rings. The second-order valence-corrected chi connectivity index (χ2v) is 6.74. The SMILES string of the molecule is O=C(NC(CN1CCOCC1)c1ccccc1)c1cccc(Cl)c1Cl. The average molecular weight is 379 g/mol. The molecule has 1 saturated heterocycles. The van der Waals surface area contributed by atoms with Gasteiger partial charge in [-0.2, -0.15) is 0 Å². The van der Waals surface area contributed by atoms with Gasteiger partial charge < -0.3 is 10.1 Å². The Balaban J connectivity index is 1.79. The normalized spacial score (nSPS) is 16.4. The lowest BCUT2D eigenvalue weighted by atomic mass is 10.1. The zero-order valence-corrected chi connectivity index (χ0v) is 15.3. The molecule has 6 heteroatoms. The first-order valence-corrected chi connectivity index (χ1v) is 9.00. The first-order chi connectivity index (χ1) is 12.1. The minimum Gasteiger partial charge on any atom is -0.379 e. The van der Waals surface area contributed by atoms with E-state index in [0.717, 1.165) is 38.4 Å². The summed E-state index contributed by atoms with van der Waals surface area (Å²) in [5, 5.41) is 3.75. The maximum Gasteiger partial charge on any atom is 0.253 e. The van der Waals surface area contributed by atoms with Gasteiger partial charge in [-0.05, 0) is 17.7 Å². The fraction of sp³-hybridized carbons (Fsp3) is 0.316. The first kappa shape index (κ1) is 18.2. The summed E-state index contributed by atoms with van der Waals surface area (Å²) >= 11 is 12.2. The van der Waals surface area contributed by atoms with E-state index in [1.165, 1.54) is 0 Å². The van der Waals surface area contributed by atoms with Crippen LogP contribution in [0, 0.1) is 0 Å². The van der Waals surface area contributed by atoms with E-state index in [4.69, 9.17) is 27.9 Å². The van der Waals surface area contributed by atoms with Crippen LogP contribution in [0.5, 0.6) is 0 Å². The van der Waals surface area contributed by atoms with E-state index < -0.39 is 0 Å². The summed E-state index contributed by atoms with van der Waals surface area (Å²) in [4.78, 5) is 15.0. The number of amides is 1. The molecule has 0 aromatic heterocycles. The Bertz CT molecular complexity index is 719. The largest absolute Gasteiger partial charge is 0.379 e. The summed E-state index contributed by atoms with van der Waals surface area (Å²) in [6.45, 7) is 3.87. The van der Waals surface area contributed by atoms with Crippen molar-refractivity contribution >= 4 is 29.1 Å². The zero-order valence-electron chi connectivity index (χ0n) is 13.8. The van der Waals surface area contributed by atoms with Crippen molar-refractivity contribution < 1.29 is 9.53 Å². The van der Waals surface area contributed by atoms with Crippen LogP contribution in [-0.4, -0.2) is 43.7 Å². The molecule has 2 aromatic carbocycles. The number of carbonyl (C=O) groups excluding carboxylic acids is 1. The van der Waals surface area contributed by atoms with Crippen LogP contribution in [0.15, 0.2) is 48.5 Å². The van der Waals surface area contributed by atoms with E-state index in [2.05, 4.69) is 10.2 Å². The Labute approximate surface area is 157 Å². The van der Waals surface area contributed by atoms with Gasteiger partial charge in [-0.3, -0.25) is 9.69 Å².